The van der Waals surface area contributed by atoms with Crippen LogP contribution in [0, 0.1) is 13.8 Å². The average molecular weight is 373 g/mol. The maximum Gasteiger partial charge on any atom is 0.269 e. The number of hydrogen-bond acceptors (Lipinski definition) is 4. The standard InChI is InChI=1S/C20H32N6O/c1-14-19(15(2)26(4)24-14)17-13-18(23-22-17)20(27)21-11-8-12-25(3)16-9-6-5-7-10-16/h13,16H,5-12H2,1-4H3,(H,21,27)(H,22,23). The van der Waals surface area contributed by atoms with Crippen LogP contribution in [-0.4, -0.2) is 57.0 Å². The number of nitrogens with zero attached hydrogens (tertiary/aromatic N) is 4. The number of rotatable bonds is 7. The second-order valence-corrected chi connectivity index (χ2v) is 7.72. The molecule has 0 unspecified atom stereocenters. The highest BCUT2D eigenvalue weighted by Crippen LogP contribution is 2.25. The lowest BCUT2D eigenvalue weighted by atomic mass is 9.94. The van der Waals surface area contributed by atoms with E-state index in [0.717, 1.165) is 41.7 Å². The molecule has 1 aliphatic carbocycles. The van der Waals surface area contributed by atoms with Crippen LogP contribution in [0.1, 0.15) is 60.4 Å². The molecule has 0 saturated heterocycles. The number of aromatic amines is 1. The molecular weight excluding hydrogens is 340 g/mol. The lowest BCUT2D eigenvalue weighted by Crippen LogP contribution is -2.35. The Labute approximate surface area is 161 Å². The predicted octanol–water partition coefficient (Wildman–Crippen LogP) is 2.81. The largest absolute Gasteiger partial charge is 0.351 e. The molecule has 2 aromatic heterocycles. The highest BCUT2D eigenvalue weighted by molar-refractivity contribution is 5.93. The van der Waals surface area contributed by atoms with Gasteiger partial charge in [-0.2, -0.15) is 10.2 Å². The monoisotopic (exact) mass is 372 g/mol. The van der Waals surface area contributed by atoms with Crippen LogP contribution in [0.15, 0.2) is 6.07 Å². The molecule has 0 aromatic carbocycles. The molecule has 0 spiro atoms. The topological polar surface area (TPSA) is 78.8 Å². The zero-order valence-corrected chi connectivity index (χ0v) is 17.0. The Kier molecular flexibility index (Phi) is 6.31. The van der Waals surface area contributed by atoms with E-state index in [1.807, 2.05) is 25.6 Å². The van der Waals surface area contributed by atoms with Crippen LogP contribution in [0.5, 0.6) is 0 Å². The van der Waals surface area contributed by atoms with Crippen LogP contribution in [-0.2, 0) is 7.05 Å². The van der Waals surface area contributed by atoms with E-state index in [9.17, 15) is 4.79 Å². The van der Waals surface area contributed by atoms with Gasteiger partial charge in [0.25, 0.3) is 5.91 Å². The van der Waals surface area contributed by atoms with Gasteiger partial charge in [0, 0.05) is 30.9 Å². The minimum absolute atomic E-state index is 0.103. The fourth-order valence-corrected chi connectivity index (χ4v) is 4.04. The smallest absolute Gasteiger partial charge is 0.269 e. The van der Waals surface area contributed by atoms with Gasteiger partial charge in [-0.1, -0.05) is 19.3 Å². The van der Waals surface area contributed by atoms with Gasteiger partial charge in [0.05, 0.1) is 11.4 Å². The van der Waals surface area contributed by atoms with Crippen LogP contribution in [0.25, 0.3) is 11.3 Å². The number of amides is 1. The molecule has 0 aliphatic heterocycles. The summed E-state index contributed by atoms with van der Waals surface area (Å²) in [6.45, 7) is 5.66. The number of H-pyrrole nitrogens is 1. The molecule has 27 heavy (non-hydrogen) atoms. The molecule has 2 aromatic rings. The van der Waals surface area contributed by atoms with Crippen molar-refractivity contribution < 1.29 is 4.79 Å². The highest BCUT2D eigenvalue weighted by Gasteiger charge is 2.18. The van der Waals surface area contributed by atoms with Crippen LogP contribution in [0.3, 0.4) is 0 Å². The first kappa shape index (κ1) is 19.6. The van der Waals surface area contributed by atoms with Crippen LogP contribution < -0.4 is 5.32 Å². The highest BCUT2D eigenvalue weighted by atomic mass is 16.1. The molecule has 0 bridgehead atoms. The lowest BCUT2D eigenvalue weighted by molar-refractivity contribution is 0.0945. The molecule has 3 rings (SSSR count). The van der Waals surface area contributed by atoms with E-state index in [1.54, 1.807) is 6.07 Å². The van der Waals surface area contributed by atoms with E-state index in [2.05, 4.69) is 32.6 Å². The van der Waals surface area contributed by atoms with Crippen molar-refractivity contribution in [2.24, 2.45) is 7.05 Å². The summed E-state index contributed by atoms with van der Waals surface area (Å²) < 4.78 is 1.84. The summed E-state index contributed by atoms with van der Waals surface area (Å²) in [7, 11) is 4.12. The van der Waals surface area contributed by atoms with Crippen LogP contribution >= 0.6 is 0 Å². The van der Waals surface area contributed by atoms with Gasteiger partial charge in [-0.15, -0.1) is 0 Å². The summed E-state index contributed by atoms with van der Waals surface area (Å²) in [4.78, 5) is 14.8. The second kappa shape index (κ2) is 8.69. The predicted molar refractivity (Wildman–Crippen MR) is 107 cm³/mol. The SMILES string of the molecule is Cc1nn(C)c(C)c1-c1cc(C(=O)NCCCN(C)C2CCCCC2)[nH]n1. The number of carbonyl (C=O) groups excluding carboxylic acids is 1. The fourth-order valence-electron chi connectivity index (χ4n) is 4.04. The number of aryl methyl sites for hydroxylation is 2. The Morgan fingerprint density at radius 1 is 1.33 bits per heavy atom. The quantitative estimate of drug-likeness (QED) is 0.733. The van der Waals surface area contributed by atoms with Gasteiger partial charge in [0.15, 0.2) is 0 Å². The molecule has 1 saturated carbocycles. The van der Waals surface area contributed by atoms with E-state index >= 15 is 0 Å². The summed E-state index contributed by atoms with van der Waals surface area (Å²) in [5, 5.41) is 14.6. The molecule has 1 fully saturated rings. The number of nitrogens with one attached hydrogen (secondary N) is 2. The third kappa shape index (κ3) is 4.58. The molecule has 7 heteroatoms. The van der Waals surface area contributed by atoms with Crippen molar-refractivity contribution in [2.45, 2.75) is 58.4 Å². The maximum atomic E-state index is 12.4. The Bertz CT molecular complexity index is 772. The van der Waals surface area contributed by atoms with Crippen molar-refractivity contribution in [1.29, 1.82) is 0 Å². The molecule has 1 aliphatic rings. The zero-order chi connectivity index (χ0) is 19.4. The maximum absolute atomic E-state index is 12.4. The molecule has 2 N–H and O–H groups in total. The van der Waals surface area contributed by atoms with Crippen molar-refractivity contribution in [2.75, 3.05) is 20.1 Å². The normalized spacial score (nSPS) is 15.4. The van der Waals surface area contributed by atoms with Gasteiger partial charge >= 0.3 is 0 Å². The van der Waals surface area contributed by atoms with E-state index in [-0.39, 0.29) is 5.91 Å². The van der Waals surface area contributed by atoms with Crippen molar-refractivity contribution in [1.82, 2.24) is 30.2 Å². The summed E-state index contributed by atoms with van der Waals surface area (Å²) in [5.41, 5.74) is 4.20. The molecule has 0 radical (unpaired) electrons. The number of hydrogen-bond donors (Lipinski definition) is 2. The minimum atomic E-state index is -0.103. The molecule has 2 heterocycles. The van der Waals surface area contributed by atoms with E-state index in [1.165, 1.54) is 32.1 Å². The minimum Gasteiger partial charge on any atom is -0.351 e. The second-order valence-electron chi connectivity index (χ2n) is 7.72. The van der Waals surface area contributed by atoms with E-state index in [0.29, 0.717) is 12.2 Å². The van der Waals surface area contributed by atoms with E-state index < -0.39 is 0 Å². The molecule has 0 atom stereocenters. The number of carbonyl (C=O) groups is 1. The first-order chi connectivity index (χ1) is 13.0. The molecular formula is C20H32N6O. The average Bonchev–Trinajstić information content (AvgIpc) is 3.24. The molecule has 1 amide bonds. The summed E-state index contributed by atoms with van der Waals surface area (Å²) in [6.07, 6.45) is 7.67. The third-order valence-corrected chi connectivity index (χ3v) is 5.76. The molecule has 148 valence electrons. The van der Waals surface area contributed by atoms with Crippen molar-refractivity contribution >= 4 is 5.91 Å². The first-order valence-corrected chi connectivity index (χ1v) is 10.0. The number of aromatic nitrogens is 4. The Morgan fingerprint density at radius 3 is 2.74 bits per heavy atom. The van der Waals surface area contributed by atoms with Crippen molar-refractivity contribution in [3.05, 3.63) is 23.1 Å². The lowest BCUT2D eigenvalue weighted by Gasteiger charge is -2.31. The van der Waals surface area contributed by atoms with Gasteiger partial charge in [0.1, 0.15) is 5.69 Å². The summed E-state index contributed by atoms with van der Waals surface area (Å²) >= 11 is 0. The van der Waals surface area contributed by atoms with Crippen molar-refractivity contribution in [3.63, 3.8) is 0 Å². The Hall–Kier alpha value is -2.15. The summed E-state index contributed by atoms with van der Waals surface area (Å²) in [6, 6.07) is 2.52. The molecule has 7 nitrogen and oxygen atoms in total. The Balaban J connectivity index is 1.48. The third-order valence-electron chi connectivity index (χ3n) is 5.76. The van der Waals surface area contributed by atoms with Crippen LogP contribution in [0.2, 0.25) is 0 Å². The Morgan fingerprint density at radius 2 is 2.07 bits per heavy atom. The van der Waals surface area contributed by atoms with Gasteiger partial charge in [-0.3, -0.25) is 14.6 Å². The summed E-state index contributed by atoms with van der Waals surface area (Å²) in [5.74, 6) is -0.103. The fraction of sp³-hybridized carbons (Fsp3) is 0.650. The zero-order valence-electron chi connectivity index (χ0n) is 17.0. The van der Waals surface area contributed by atoms with Gasteiger partial charge in [-0.25, -0.2) is 0 Å². The van der Waals surface area contributed by atoms with Gasteiger partial charge in [-0.05, 0) is 52.8 Å². The van der Waals surface area contributed by atoms with Crippen molar-refractivity contribution in [3.8, 4) is 11.3 Å². The first-order valence-electron chi connectivity index (χ1n) is 10.0. The van der Waals surface area contributed by atoms with Gasteiger partial charge < -0.3 is 10.2 Å². The van der Waals surface area contributed by atoms with E-state index in [4.69, 9.17) is 0 Å². The van der Waals surface area contributed by atoms with Crippen LogP contribution in [0.4, 0.5) is 0 Å². The van der Waals surface area contributed by atoms with Gasteiger partial charge in [0.2, 0.25) is 0 Å².